The van der Waals surface area contributed by atoms with Crippen LogP contribution in [0, 0.1) is 0 Å². The Morgan fingerprint density at radius 2 is 2.05 bits per heavy atom. The molecule has 0 aromatic heterocycles. The lowest BCUT2D eigenvalue weighted by Gasteiger charge is -2.28. The molecule has 2 aliphatic heterocycles. The van der Waals surface area contributed by atoms with Gasteiger partial charge in [-0.15, -0.1) is 0 Å². The standard InChI is InChI=1S/C14H21NO4/c16-12-4-3-11(13(17)18)15(12)9-10-5-8-14(19-10)6-1-2-7-14/h10-11H,1-9H2,(H,17,18). The molecular formula is C14H21NO4. The van der Waals surface area contributed by atoms with E-state index < -0.39 is 12.0 Å². The molecule has 1 saturated carbocycles. The number of hydrogen-bond acceptors (Lipinski definition) is 3. The van der Waals surface area contributed by atoms with Crippen molar-refractivity contribution >= 4 is 11.9 Å². The van der Waals surface area contributed by atoms with Gasteiger partial charge in [0.05, 0.1) is 11.7 Å². The van der Waals surface area contributed by atoms with Gasteiger partial charge in [-0.25, -0.2) is 4.79 Å². The summed E-state index contributed by atoms with van der Waals surface area (Å²) >= 11 is 0. The molecule has 2 atom stereocenters. The molecule has 5 heteroatoms. The fraction of sp³-hybridized carbons (Fsp3) is 0.857. The molecule has 2 unspecified atom stereocenters. The van der Waals surface area contributed by atoms with E-state index in [4.69, 9.17) is 9.84 Å². The van der Waals surface area contributed by atoms with Crippen LogP contribution in [-0.4, -0.2) is 46.2 Å². The second-order valence-corrected chi connectivity index (χ2v) is 6.11. The SMILES string of the molecule is O=C(O)C1CCC(=O)N1CC1CCC2(CCCC2)O1. The summed E-state index contributed by atoms with van der Waals surface area (Å²) in [5, 5.41) is 9.15. The fourth-order valence-corrected chi connectivity index (χ4v) is 3.85. The summed E-state index contributed by atoms with van der Waals surface area (Å²) in [4.78, 5) is 24.5. The summed E-state index contributed by atoms with van der Waals surface area (Å²) in [6.45, 7) is 0.456. The zero-order valence-electron chi connectivity index (χ0n) is 11.1. The first-order chi connectivity index (χ1) is 9.10. The van der Waals surface area contributed by atoms with Crippen LogP contribution in [0.25, 0.3) is 0 Å². The van der Waals surface area contributed by atoms with Gasteiger partial charge in [-0.05, 0) is 32.1 Å². The lowest BCUT2D eigenvalue weighted by Crippen LogP contribution is -2.43. The van der Waals surface area contributed by atoms with E-state index >= 15 is 0 Å². The molecule has 0 aromatic carbocycles. The number of carboxylic acid groups (broad SMARTS) is 1. The summed E-state index contributed by atoms with van der Waals surface area (Å²) in [6, 6.07) is -0.642. The first kappa shape index (κ1) is 12.9. The molecule has 0 aromatic rings. The second kappa shape index (κ2) is 4.78. The zero-order chi connectivity index (χ0) is 13.5. The van der Waals surface area contributed by atoms with Crippen molar-refractivity contribution in [3.63, 3.8) is 0 Å². The quantitative estimate of drug-likeness (QED) is 0.842. The van der Waals surface area contributed by atoms with Crippen molar-refractivity contribution in [2.75, 3.05) is 6.54 Å². The number of amides is 1. The number of hydrogen-bond donors (Lipinski definition) is 1. The Hall–Kier alpha value is -1.10. The molecule has 2 saturated heterocycles. The van der Waals surface area contributed by atoms with Gasteiger partial charge in [-0.3, -0.25) is 4.79 Å². The van der Waals surface area contributed by atoms with E-state index in [2.05, 4.69) is 0 Å². The van der Waals surface area contributed by atoms with Crippen LogP contribution in [0.3, 0.4) is 0 Å². The van der Waals surface area contributed by atoms with Gasteiger partial charge < -0.3 is 14.7 Å². The van der Waals surface area contributed by atoms with E-state index in [0.717, 1.165) is 25.7 Å². The Labute approximate surface area is 112 Å². The van der Waals surface area contributed by atoms with Gasteiger partial charge in [0.15, 0.2) is 0 Å². The Morgan fingerprint density at radius 1 is 1.32 bits per heavy atom. The van der Waals surface area contributed by atoms with Gasteiger partial charge in [0.2, 0.25) is 5.91 Å². The Morgan fingerprint density at radius 3 is 2.74 bits per heavy atom. The Bertz CT molecular complexity index is 389. The molecule has 1 spiro atoms. The highest BCUT2D eigenvalue weighted by atomic mass is 16.5. The van der Waals surface area contributed by atoms with Gasteiger partial charge in [0.1, 0.15) is 6.04 Å². The van der Waals surface area contributed by atoms with Crippen molar-refractivity contribution in [3.05, 3.63) is 0 Å². The second-order valence-electron chi connectivity index (χ2n) is 6.11. The minimum atomic E-state index is -0.889. The molecule has 3 fully saturated rings. The Kier molecular flexibility index (Phi) is 3.25. The first-order valence-corrected chi connectivity index (χ1v) is 7.30. The monoisotopic (exact) mass is 267 g/mol. The topological polar surface area (TPSA) is 66.8 Å². The molecule has 19 heavy (non-hydrogen) atoms. The van der Waals surface area contributed by atoms with Crippen molar-refractivity contribution in [1.82, 2.24) is 4.90 Å². The number of ether oxygens (including phenoxy) is 1. The van der Waals surface area contributed by atoms with Gasteiger partial charge in [0, 0.05) is 13.0 Å². The molecule has 106 valence electrons. The summed E-state index contributed by atoms with van der Waals surface area (Å²) in [5.74, 6) is -0.928. The molecule has 1 aliphatic carbocycles. The van der Waals surface area contributed by atoms with Gasteiger partial charge in [-0.1, -0.05) is 12.8 Å². The molecule has 3 rings (SSSR count). The molecule has 2 heterocycles. The number of nitrogens with zero attached hydrogens (tertiary/aromatic N) is 1. The highest BCUT2D eigenvalue weighted by Gasteiger charge is 2.44. The van der Waals surface area contributed by atoms with Crippen LogP contribution in [0.15, 0.2) is 0 Å². The van der Waals surface area contributed by atoms with E-state index in [1.165, 1.54) is 17.7 Å². The number of likely N-dealkylation sites (tertiary alicyclic amines) is 1. The Balaban J connectivity index is 1.62. The van der Waals surface area contributed by atoms with Crippen LogP contribution < -0.4 is 0 Å². The first-order valence-electron chi connectivity index (χ1n) is 7.30. The van der Waals surface area contributed by atoms with Crippen LogP contribution in [0.4, 0.5) is 0 Å². The normalized spacial score (nSPS) is 33.5. The van der Waals surface area contributed by atoms with Crippen molar-refractivity contribution in [3.8, 4) is 0 Å². The van der Waals surface area contributed by atoms with E-state index in [9.17, 15) is 9.59 Å². The van der Waals surface area contributed by atoms with Crippen LogP contribution in [-0.2, 0) is 14.3 Å². The largest absolute Gasteiger partial charge is 0.480 e. The lowest BCUT2D eigenvalue weighted by atomic mass is 9.98. The summed E-state index contributed by atoms with van der Waals surface area (Å²) < 4.78 is 6.16. The van der Waals surface area contributed by atoms with Gasteiger partial charge in [-0.2, -0.15) is 0 Å². The molecule has 1 amide bonds. The lowest BCUT2D eigenvalue weighted by molar-refractivity contribution is -0.148. The molecule has 3 aliphatic rings. The highest BCUT2D eigenvalue weighted by molar-refractivity contribution is 5.87. The van der Waals surface area contributed by atoms with Crippen LogP contribution in [0.1, 0.15) is 51.4 Å². The average molecular weight is 267 g/mol. The fourth-order valence-electron chi connectivity index (χ4n) is 3.85. The third-order valence-corrected chi connectivity index (χ3v) is 4.87. The highest BCUT2D eigenvalue weighted by Crippen LogP contribution is 2.43. The molecule has 0 bridgehead atoms. The van der Waals surface area contributed by atoms with Gasteiger partial charge >= 0.3 is 5.97 Å². The average Bonchev–Trinajstić information content (AvgIpc) is 3.05. The zero-order valence-corrected chi connectivity index (χ0v) is 11.1. The van der Waals surface area contributed by atoms with E-state index in [1.807, 2.05) is 0 Å². The number of rotatable bonds is 3. The van der Waals surface area contributed by atoms with E-state index in [1.54, 1.807) is 0 Å². The minimum absolute atomic E-state index is 0.0296. The van der Waals surface area contributed by atoms with Crippen molar-refractivity contribution in [1.29, 1.82) is 0 Å². The predicted molar refractivity (Wildman–Crippen MR) is 67.7 cm³/mol. The maximum Gasteiger partial charge on any atom is 0.326 e. The summed E-state index contributed by atoms with van der Waals surface area (Å²) in [5.41, 5.74) is 0.0478. The molecular weight excluding hydrogens is 246 g/mol. The maximum atomic E-state index is 11.8. The summed E-state index contributed by atoms with van der Waals surface area (Å²) in [6.07, 6.45) is 7.55. The molecule has 1 N–H and O–H groups in total. The van der Waals surface area contributed by atoms with E-state index in [-0.39, 0.29) is 17.6 Å². The van der Waals surface area contributed by atoms with Crippen molar-refractivity contribution in [2.24, 2.45) is 0 Å². The van der Waals surface area contributed by atoms with Gasteiger partial charge in [0.25, 0.3) is 0 Å². The third-order valence-electron chi connectivity index (χ3n) is 4.87. The summed E-state index contributed by atoms with van der Waals surface area (Å²) in [7, 11) is 0. The van der Waals surface area contributed by atoms with Crippen molar-refractivity contribution in [2.45, 2.75) is 69.1 Å². The smallest absolute Gasteiger partial charge is 0.326 e. The number of carbonyl (C=O) groups is 2. The number of carboxylic acids is 1. The van der Waals surface area contributed by atoms with Crippen LogP contribution >= 0.6 is 0 Å². The molecule has 0 radical (unpaired) electrons. The third kappa shape index (κ3) is 2.36. The minimum Gasteiger partial charge on any atom is -0.480 e. The maximum absolute atomic E-state index is 11.8. The van der Waals surface area contributed by atoms with E-state index in [0.29, 0.717) is 19.4 Å². The van der Waals surface area contributed by atoms with Crippen molar-refractivity contribution < 1.29 is 19.4 Å². The molecule has 5 nitrogen and oxygen atoms in total. The predicted octanol–water partition coefficient (Wildman–Crippen LogP) is 1.55. The number of aliphatic carboxylic acids is 1. The van der Waals surface area contributed by atoms with Crippen LogP contribution in [0.5, 0.6) is 0 Å². The van der Waals surface area contributed by atoms with Crippen LogP contribution in [0.2, 0.25) is 0 Å². The number of carbonyl (C=O) groups excluding carboxylic acids is 1.